The van der Waals surface area contributed by atoms with Crippen LogP contribution in [-0.2, 0) is 11.2 Å². The van der Waals surface area contributed by atoms with E-state index in [9.17, 15) is 4.79 Å². The largest absolute Gasteiger partial charge is 0.438 e. The summed E-state index contributed by atoms with van der Waals surface area (Å²) < 4.78 is 10.2. The van der Waals surface area contributed by atoms with Crippen LogP contribution in [0.1, 0.15) is 5.56 Å². The summed E-state index contributed by atoms with van der Waals surface area (Å²) in [5.74, 6) is 1.23. The molecular formula is C9H9NO3. The number of hydrogen-bond donors (Lipinski definition) is 1. The molecule has 1 aromatic rings. The SMILES string of the molecule is N[C@H]1Oc2ccc(CC=O)cc2O1. The second-order valence-corrected chi connectivity index (χ2v) is 2.76. The number of carbonyl (C=O) groups excluding carboxylic acids is 1. The lowest BCUT2D eigenvalue weighted by Gasteiger charge is -1.99. The zero-order chi connectivity index (χ0) is 9.26. The molecule has 13 heavy (non-hydrogen) atoms. The summed E-state index contributed by atoms with van der Waals surface area (Å²) in [7, 11) is 0. The number of hydrogen-bond acceptors (Lipinski definition) is 4. The van der Waals surface area contributed by atoms with Crippen molar-refractivity contribution in [3.05, 3.63) is 23.8 Å². The molecule has 68 valence electrons. The molecule has 0 saturated carbocycles. The number of nitrogens with two attached hydrogens (primary N) is 1. The van der Waals surface area contributed by atoms with Crippen LogP contribution in [0.3, 0.4) is 0 Å². The van der Waals surface area contributed by atoms with Gasteiger partial charge in [-0.05, 0) is 17.7 Å². The highest BCUT2D eigenvalue weighted by molar-refractivity contribution is 5.57. The summed E-state index contributed by atoms with van der Waals surface area (Å²) in [6, 6.07) is 5.33. The molecule has 0 fully saturated rings. The molecule has 4 nitrogen and oxygen atoms in total. The van der Waals surface area contributed by atoms with E-state index in [1.165, 1.54) is 0 Å². The van der Waals surface area contributed by atoms with Crippen LogP contribution in [0.5, 0.6) is 11.5 Å². The fraction of sp³-hybridized carbons (Fsp3) is 0.222. The predicted octanol–water partition coefficient (Wildman–Crippen LogP) is 0.442. The number of rotatable bonds is 2. The van der Waals surface area contributed by atoms with Crippen molar-refractivity contribution >= 4 is 6.29 Å². The standard InChI is InChI=1S/C9H9NO3/c10-9-12-7-2-1-6(3-4-11)5-8(7)13-9/h1-2,4-5,9H,3,10H2/t9-/m0/s1. The van der Waals surface area contributed by atoms with Gasteiger partial charge in [0.25, 0.3) is 6.41 Å². The molecular weight excluding hydrogens is 170 g/mol. The van der Waals surface area contributed by atoms with Crippen LogP contribution in [0, 0.1) is 0 Å². The molecule has 0 spiro atoms. The summed E-state index contributed by atoms with van der Waals surface area (Å²) in [4.78, 5) is 10.2. The second-order valence-electron chi connectivity index (χ2n) is 2.76. The minimum Gasteiger partial charge on any atom is -0.438 e. The third-order valence-corrected chi connectivity index (χ3v) is 1.81. The quantitative estimate of drug-likeness (QED) is 0.669. The molecule has 0 bridgehead atoms. The number of aldehydes is 1. The zero-order valence-corrected chi connectivity index (χ0v) is 6.90. The maximum absolute atomic E-state index is 10.2. The first-order valence-corrected chi connectivity index (χ1v) is 3.95. The van der Waals surface area contributed by atoms with Gasteiger partial charge in [-0.2, -0.15) is 0 Å². The molecule has 2 N–H and O–H groups in total. The lowest BCUT2D eigenvalue weighted by atomic mass is 10.1. The van der Waals surface area contributed by atoms with Gasteiger partial charge >= 0.3 is 0 Å². The molecule has 0 aliphatic carbocycles. The number of carbonyl (C=O) groups is 1. The molecule has 0 unspecified atom stereocenters. The van der Waals surface area contributed by atoms with Gasteiger partial charge in [-0.25, -0.2) is 0 Å². The van der Waals surface area contributed by atoms with Crippen LogP contribution < -0.4 is 15.2 Å². The highest BCUT2D eigenvalue weighted by Gasteiger charge is 2.20. The van der Waals surface area contributed by atoms with Gasteiger partial charge < -0.3 is 14.3 Å². The van der Waals surface area contributed by atoms with Gasteiger partial charge in [-0.1, -0.05) is 6.07 Å². The Morgan fingerprint density at radius 1 is 1.38 bits per heavy atom. The predicted molar refractivity (Wildman–Crippen MR) is 45.4 cm³/mol. The van der Waals surface area contributed by atoms with Crippen LogP contribution in [0.25, 0.3) is 0 Å². The van der Waals surface area contributed by atoms with Gasteiger partial charge in [0, 0.05) is 6.42 Å². The zero-order valence-electron chi connectivity index (χ0n) is 6.90. The highest BCUT2D eigenvalue weighted by atomic mass is 16.7. The van der Waals surface area contributed by atoms with Gasteiger partial charge in [-0.15, -0.1) is 0 Å². The molecule has 4 heteroatoms. The third kappa shape index (κ3) is 1.48. The van der Waals surface area contributed by atoms with Crippen LogP contribution >= 0.6 is 0 Å². The fourth-order valence-corrected chi connectivity index (χ4v) is 1.24. The Balaban J connectivity index is 2.29. The summed E-state index contributed by atoms with van der Waals surface area (Å²) in [6.45, 7) is 0. The second kappa shape index (κ2) is 3.06. The molecule has 0 aromatic heterocycles. The van der Waals surface area contributed by atoms with E-state index in [2.05, 4.69) is 0 Å². The van der Waals surface area contributed by atoms with E-state index in [0.717, 1.165) is 11.8 Å². The summed E-state index contributed by atoms with van der Waals surface area (Å²) in [5, 5.41) is 0. The maximum atomic E-state index is 10.2. The van der Waals surface area contributed by atoms with E-state index in [1.807, 2.05) is 6.07 Å². The number of fused-ring (bicyclic) bond motifs is 1. The smallest absolute Gasteiger partial charge is 0.300 e. The molecule has 0 radical (unpaired) electrons. The molecule has 1 heterocycles. The fourth-order valence-electron chi connectivity index (χ4n) is 1.24. The normalized spacial score (nSPS) is 18.7. The van der Waals surface area contributed by atoms with E-state index >= 15 is 0 Å². The van der Waals surface area contributed by atoms with Gasteiger partial charge in [0.1, 0.15) is 6.29 Å². The van der Waals surface area contributed by atoms with Crippen molar-refractivity contribution < 1.29 is 14.3 Å². The average Bonchev–Trinajstić information content (AvgIpc) is 2.44. The van der Waals surface area contributed by atoms with Crippen molar-refractivity contribution in [3.8, 4) is 11.5 Å². The van der Waals surface area contributed by atoms with Crippen molar-refractivity contribution in [2.75, 3.05) is 0 Å². The summed E-state index contributed by atoms with van der Waals surface area (Å²) in [6.07, 6.45) is 0.505. The Labute approximate surface area is 75.2 Å². The first kappa shape index (κ1) is 8.07. The lowest BCUT2D eigenvalue weighted by Crippen LogP contribution is -2.28. The van der Waals surface area contributed by atoms with Crippen molar-refractivity contribution in [1.29, 1.82) is 0 Å². The molecule has 1 atom stereocenters. The third-order valence-electron chi connectivity index (χ3n) is 1.81. The molecule has 1 aliphatic heterocycles. The van der Waals surface area contributed by atoms with Gasteiger partial charge in [0.15, 0.2) is 11.5 Å². The van der Waals surface area contributed by atoms with Crippen molar-refractivity contribution in [2.24, 2.45) is 5.73 Å². The first-order chi connectivity index (χ1) is 6.29. The van der Waals surface area contributed by atoms with Crippen LogP contribution in [0.2, 0.25) is 0 Å². The average molecular weight is 179 g/mol. The molecule has 0 saturated heterocycles. The Hall–Kier alpha value is -1.55. The molecule has 0 amide bonds. The van der Waals surface area contributed by atoms with E-state index < -0.39 is 6.41 Å². The van der Waals surface area contributed by atoms with Crippen LogP contribution in [0.4, 0.5) is 0 Å². The molecule has 1 aromatic carbocycles. The van der Waals surface area contributed by atoms with Gasteiger partial charge in [0.2, 0.25) is 0 Å². The number of benzene rings is 1. The van der Waals surface area contributed by atoms with Gasteiger partial charge in [0.05, 0.1) is 0 Å². The monoisotopic (exact) mass is 179 g/mol. The van der Waals surface area contributed by atoms with E-state index in [-0.39, 0.29) is 0 Å². The Bertz CT molecular complexity index is 338. The van der Waals surface area contributed by atoms with E-state index in [4.69, 9.17) is 15.2 Å². The van der Waals surface area contributed by atoms with E-state index in [0.29, 0.717) is 17.9 Å². The first-order valence-electron chi connectivity index (χ1n) is 3.95. The maximum Gasteiger partial charge on any atom is 0.300 e. The van der Waals surface area contributed by atoms with Crippen LogP contribution in [0.15, 0.2) is 18.2 Å². The Morgan fingerprint density at radius 3 is 2.92 bits per heavy atom. The Morgan fingerprint density at radius 2 is 2.15 bits per heavy atom. The van der Waals surface area contributed by atoms with Crippen molar-refractivity contribution in [1.82, 2.24) is 0 Å². The molecule has 1 aliphatic rings. The Kier molecular flexibility index (Phi) is 1.90. The number of ether oxygens (including phenoxy) is 2. The summed E-state index contributed by atoms with van der Waals surface area (Å²) >= 11 is 0. The minimum atomic E-state index is -0.721. The lowest BCUT2D eigenvalue weighted by molar-refractivity contribution is -0.107. The highest BCUT2D eigenvalue weighted by Crippen LogP contribution is 2.33. The van der Waals surface area contributed by atoms with Crippen molar-refractivity contribution in [2.45, 2.75) is 12.8 Å². The minimum absolute atomic E-state index is 0.381. The van der Waals surface area contributed by atoms with Crippen LogP contribution in [-0.4, -0.2) is 12.7 Å². The molecule has 2 rings (SSSR count). The summed E-state index contributed by atoms with van der Waals surface area (Å²) in [5.41, 5.74) is 6.29. The topological polar surface area (TPSA) is 61.5 Å². The van der Waals surface area contributed by atoms with Crippen molar-refractivity contribution in [3.63, 3.8) is 0 Å². The van der Waals surface area contributed by atoms with Gasteiger partial charge in [-0.3, -0.25) is 5.73 Å². The van der Waals surface area contributed by atoms with E-state index in [1.54, 1.807) is 12.1 Å².